The maximum Gasteiger partial charge on any atom is 0.407 e. The van der Waals surface area contributed by atoms with Crippen molar-refractivity contribution in [1.29, 1.82) is 5.53 Å². The van der Waals surface area contributed by atoms with Gasteiger partial charge in [-0.05, 0) is 39.8 Å². The Morgan fingerprint density at radius 1 is 1.36 bits per heavy atom. The van der Waals surface area contributed by atoms with E-state index in [9.17, 15) is 4.79 Å². The van der Waals surface area contributed by atoms with Crippen LogP contribution in [0, 0.1) is 5.53 Å². The highest BCUT2D eigenvalue weighted by Crippen LogP contribution is 2.25. The van der Waals surface area contributed by atoms with Gasteiger partial charge in [0.1, 0.15) is 23.7 Å². The summed E-state index contributed by atoms with van der Waals surface area (Å²) in [4.78, 5) is 16.6. The lowest BCUT2D eigenvalue weighted by Gasteiger charge is -2.20. The second kappa shape index (κ2) is 9.07. The van der Waals surface area contributed by atoms with Crippen molar-refractivity contribution in [3.8, 4) is 0 Å². The molecule has 154 valence electrons. The molecule has 0 spiro atoms. The van der Waals surface area contributed by atoms with Gasteiger partial charge in [0.2, 0.25) is 0 Å². The summed E-state index contributed by atoms with van der Waals surface area (Å²) < 4.78 is 12.9. The molecule has 0 radical (unpaired) electrons. The van der Waals surface area contributed by atoms with Crippen LogP contribution < -0.4 is 10.6 Å². The number of amides is 1. The van der Waals surface area contributed by atoms with E-state index in [1.165, 1.54) is 0 Å². The summed E-state index contributed by atoms with van der Waals surface area (Å²) in [5, 5.41) is 11.7. The molecule has 0 aromatic carbocycles. The first kappa shape index (κ1) is 21.7. The molecular weight excluding hydrogens is 362 g/mol. The Labute approximate surface area is 164 Å². The second-order valence-electron chi connectivity index (χ2n) is 7.48. The maximum absolute atomic E-state index is 11.9. The minimum Gasteiger partial charge on any atom is -0.444 e. The van der Waals surface area contributed by atoms with E-state index in [4.69, 9.17) is 15.0 Å². The number of amidine groups is 1. The number of hydrogen-bond acceptors (Lipinski definition) is 6. The summed E-state index contributed by atoms with van der Waals surface area (Å²) in [5.74, 6) is 1.28. The van der Waals surface area contributed by atoms with Gasteiger partial charge in [-0.1, -0.05) is 5.10 Å². The number of ether oxygens (including phenoxy) is 2. The summed E-state index contributed by atoms with van der Waals surface area (Å²) in [5.41, 5.74) is 10.2. The van der Waals surface area contributed by atoms with Gasteiger partial charge in [0, 0.05) is 32.2 Å². The molecule has 10 heteroatoms. The van der Waals surface area contributed by atoms with E-state index in [1.54, 1.807) is 0 Å². The van der Waals surface area contributed by atoms with Gasteiger partial charge in [-0.15, -0.1) is 0 Å². The van der Waals surface area contributed by atoms with Crippen molar-refractivity contribution in [2.75, 3.05) is 13.2 Å². The van der Waals surface area contributed by atoms with E-state index in [1.807, 2.05) is 51.4 Å². The molecule has 0 saturated carbocycles. The number of carbonyl (C=O) groups excluding carboxylic acids is 1. The lowest BCUT2D eigenvalue weighted by atomic mass is 10.1. The third kappa shape index (κ3) is 5.23. The van der Waals surface area contributed by atoms with Gasteiger partial charge in [0.15, 0.2) is 5.69 Å². The van der Waals surface area contributed by atoms with Crippen molar-refractivity contribution in [2.45, 2.75) is 60.3 Å². The molecule has 0 atom stereocenters. The lowest BCUT2D eigenvalue weighted by molar-refractivity contribution is -0.483. The molecule has 2 rings (SSSR count). The molecule has 1 amide bonds. The number of fused-ring (bicyclic) bond motifs is 1. The highest BCUT2D eigenvalue weighted by Gasteiger charge is 2.31. The van der Waals surface area contributed by atoms with Gasteiger partial charge < -0.3 is 19.4 Å². The van der Waals surface area contributed by atoms with Crippen LogP contribution in [-0.2, 0) is 22.6 Å². The van der Waals surface area contributed by atoms with E-state index < -0.39 is 11.7 Å². The Balaban J connectivity index is 2.31. The third-order valence-corrected chi connectivity index (χ3v) is 4.19. The standard InChI is InChI=1S/C18H29N7O3/c1-7-27-10-13-22-14-15(11(2)12(3)21-16(14)23-24-19)25(13)9-8-20-17(26)28-18(4,5)6/h7-10H2,1-6H3,(H,20,26)(H2,19,21,23)/p+1. The monoisotopic (exact) mass is 392 g/mol. The van der Waals surface area contributed by atoms with Crippen molar-refractivity contribution in [1.82, 2.24) is 14.9 Å². The number of hydrogen-bond donors (Lipinski definition) is 3. The predicted octanol–water partition coefficient (Wildman–Crippen LogP) is 1.96. The smallest absolute Gasteiger partial charge is 0.407 e. The Bertz CT molecular complexity index is 803. The summed E-state index contributed by atoms with van der Waals surface area (Å²) in [7, 11) is 0. The van der Waals surface area contributed by atoms with Crippen molar-refractivity contribution in [3.63, 3.8) is 0 Å². The Hall–Kier alpha value is -2.59. The molecule has 1 aromatic rings. The number of aromatic nitrogens is 2. The second-order valence-corrected chi connectivity index (χ2v) is 7.48. The van der Waals surface area contributed by atoms with Gasteiger partial charge in [0.05, 0.1) is 5.69 Å². The fraction of sp³-hybridized carbons (Fsp3) is 0.611. The van der Waals surface area contributed by atoms with Crippen molar-refractivity contribution in [2.24, 2.45) is 10.3 Å². The van der Waals surface area contributed by atoms with Crippen LogP contribution in [0.25, 0.3) is 5.57 Å². The van der Waals surface area contributed by atoms with Crippen molar-refractivity contribution >= 4 is 17.5 Å². The van der Waals surface area contributed by atoms with Crippen LogP contribution in [-0.4, -0.2) is 40.2 Å². The average Bonchev–Trinajstić information content (AvgIpc) is 2.95. The van der Waals surface area contributed by atoms with Crippen molar-refractivity contribution < 1.29 is 19.6 Å². The van der Waals surface area contributed by atoms with Gasteiger partial charge in [0.25, 0.3) is 5.84 Å². The first-order chi connectivity index (χ1) is 13.2. The average molecular weight is 392 g/mol. The number of allylic oxidation sites excluding steroid dienone is 2. The molecule has 0 fully saturated rings. The largest absolute Gasteiger partial charge is 0.444 e. The minimum absolute atomic E-state index is 0.341. The zero-order chi connectivity index (χ0) is 20.9. The highest BCUT2D eigenvalue weighted by molar-refractivity contribution is 5.97. The molecule has 4 N–H and O–H groups in total. The van der Waals surface area contributed by atoms with E-state index in [0.29, 0.717) is 37.8 Å². The number of rotatable bonds is 7. The topological polar surface area (TPSA) is 131 Å². The van der Waals surface area contributed by atoms with E-state index in [2.05, 4.69) is 20.6 Å². The molecule has 0 unspecified atom stereocenters. The summed E-state index contributed by atoms with van der Waals surface area (Å²) in [6.45, 7) is 13.2. The van der Waals surface area contributed by atoms with E-state index in [-0.39, 0.29) is 0 Å². The molecule has 2 heterocycles. The van der Waals surface area contributed by atoms with Crippen LogP contribution in [0.5, 0.6) is 0 Å². The van der Waals surface area contributed by atoms with Gasteiger partial charge >= 0.3 is 6.09 Å². The van der Waals surface area contributed by atoms with Crippen LogP contribution >= 0.6 is 0 Å². The fourth-order valence-electron chi connectivity index (χ4n) is 2.88. The Kier molecular flexibility index (Phi) is 7.03. The number of nitrogens with zero attached hydrogens (tertiary/aromatic N) is 4. The third-order valence-electron chi connectivity index (χ3n) is 4.19. The minimum atomic E-state index is -0.546. The van der Waals surface area contributed by atoms with E-state index >= 15 is 0 Å². The molecule has 1 aromatic heterocycles. The Morgan fingerprint density at radius 3 is 2.68 bits per heavy atom. The molecule has 28 heavy (non-hydrogen) atoms. The maximum atomic E-state index is 11.9. The molecule has 1 aliphatic heterocycles. The lowest BCUT2D eigenvalue weighted by Crippen LogP contribution is -2.87. The van der Waals surface area contributed by atoms with E-state index in [0.717, 1.165) is 22.8 Å². The molecule has 0 bridgehead atoms. The first-order valence-electron chi connectivity index (χ1n) is 9.29. The van der Waals surface area contributed by atoms with Crippen LogP contribution in [0.4, 0.5) is 4.79 Å². The summed E-state index contributed by atoms with van der Waals surface area (Å²) >= 11 is 0. The van der Waals surface area contributed by atoms with Crippen LogP contribution in [0.15, 0.2) is 16.0 Å². The molecular formula is C18H30N7O3+. The number of imidazole rings is 1. The predicted molar refractivity (Wildman–Crippen MR) is 104 cm³/mol. The fourth-order valence-corrected chi connectivity index (χ4v) is 2.88. The summed E-state index contributed by atoms with van der Waals surface area (Å²) in [6.07, 6.45) is -0.458. The van der Waals surface area contributed by atoms with Gasteiger partial charge in [-0.25, -0.2) is 9.78 Å². The van der Waals surface area contributed by atoms with Crippen LogP contribution in [0.3, 0.4) is 0 Å². The summed E-state index contributed by atoms with van der Waals surface area (Å²) in [6, 6.07) is 0. The van der Waals surface area contributed by atoms with Crippen molar-refractivity contribution in [3.05, 3.63) is 22.9 Å². The number of nitrogens with two attached hydrogens (primary N) is 1. The SMILES string of the molecule is CCOCc1nc2c(n1CCNC(=O)OC(C)(C)C)C(C)=C(C)[NH2+]/C2=N\N=N. The number of carbonyl (C=O) groups is 1. The van der Waals surface area contributed by atoms with Gasteiger partial charge in [-0.3, -0.25) is 5.32 Å². The normalized spacial score (nSPS) is 15.6. The number of nitrogens with one attached hydrogen (secondary N) is 2. The van der Waals surface area contributed by atoms with Crippen LogP contribution in [0.1, 0.15) is 58.8 Å². The molecule has 1 aliphatic rings. The zero-order valence-electron chi connectivity index (χ0n) is 17.4. The number of alkyl carbamates (subject to hydrolysis) is 1. The molecule has 0 saturated heterocycles. The van der Waals surface area contributed by atoms with Crippen LogP contribution in [0.2, 0.25) is 0 Å². The Morgan fingerprint density at radius 2 is 2.07 bits per heavy atom. The molecule has 0 aliphatic carbocycles. The first-order valence-corrected chi connectivity index (χ1v) is 9.29. The quantitative estimate of drug-likeness (QED) is 0.483. The zero-order valence-corrected chi connectivity index (χ0v) is 17.4. The van der Waals surface area contributed by atoms with Gasteiger partial charge in [-0.2, -0.15) is 5.53 Å². The number of quaternary nitrogens is 1. The highest BCUT2D eigenvalue weighted by atomic mass is 16.6. The molecule has 10 nitrogen and oxygen atoms in total.